The van der Waals surface area contributed by atoms with Gasteiger partial charge in [0.15, 0.2) is 0 Å². The van der Waals surface area contributed by atoms with Crippen molar-refractivity contribution in [3.05, 3.63) is 46.9 Å². The Morgan fingerprint density at radius 1 is 0.706 bits per heavy atom. The molecule has 0 aliphatic heterocycles. The summed E-state index contributed by atoms with van der Waals surface area (Å²) in [6, 6.07) is 14.2. The molecular weight excluding hydrogens is 276 g/mol. The first-order valence-electron chi connectivity index (χ1n) is 5.33. The third kappa shape index (κ3) is 1.46. The van der Waals surface area contributed by atoms with Crippen molar-refractivity contribution in [1.82, 2.24) is 0 Å². The van der Waals surface area contributed by atoms with Crippen molar-refractivity contribution in [3.8, 4) is 0 Å². The number of fused-ring (bicyclic) bond motifs is 3. The number of rotatable bonds is 0. The average Bonchev–Trinajstić information content (AvgIpc) is 2.36. The molecule has 3 heteroatoms. The monoisotopic (exact) mass is 286 g/mol. The van der Waals surface area contributed by atoms with Gasteiger partial charge in [-0.25, -0.2) is 0 Å². The third-order valence-corrected chi connectivity index (χ3v) is 3.56. The van der Waals surface area contributed by atoms with Gasteiger partial charge in [-0.05, 0) is 22.9 Å². The lowest BCUT2D eigenvalue weighted by Gasteiger charge is -2.11. The summed E-state index contributed by atoms with van der Waals surface area (Å²) >= 11 is 3.46. The smallest absolute Gasteiger partial charge is 0.0634 e. The van der Waals surface area contributed by atoms with Gasteiger partial charge in [0.25, 0.3) is 0 Å². The van der Waals surface area contributed by atoms with Crippen LogP contribution in [0.4, 0.5) is 11.4 Å². The summed E-state index contributed by atoms with van der Waals surface area (Å²) in [5.41, 5.74) is 13.5. The molecule has 0 heterocycles. The lowest BCUT2D eigenvalue weighted by molar-refractivity contribution is 1.70. The fourth-order valence-corrected chi connectivity index (χ4v) is 2.58. The van der Waals surface area contributed by atoms with Crippen LogP contribution in [-0.2, 0) is 0 Å². The number of anilines is 2. The molecule has 0 atom stereocenters. The first-order valence-corrected chi connectivity index (χ1v) is 6.12. The van der Waals surface area contributed by atoms with Crippen LogP contribution in [0.25, 0.3) is 21.5 Å². The van der Waals surface area contributed by atoms with Gasteiger partial charge >= 0.3 is 0 Å². The molecule has 0 saturated heterocycles. The molecule has 84 valence electrons. The Balaban J connectivity index is 2.65. The molecule has 17 heavy (non-hydrogen) atoms. The van der Waals surface area contributed by atoms with Crippen LogP contribution in [0.15, 0.2) is 46.9 Å². The van der Waals surface area contributed by atoms with E-state index >= 15 is 0 Å². The quantitative estimate of drug-likeness (QED) is 0.374. The maximum absolute atomic E-state index is 6.11. The first-order chi connectivity index (χ1) is 8.18. The summed E-state index contributed by atoms with van der Waals surface area (Å²) in [6.45, 7) is 0. The number of benzene rings is 3. The molecule has 2 nitrogen and oxygen atoms in total. The maximum atomic E-state index is 6.11. The number of halogens is 1. The maximum Gasteiger partial charge on any atom is 0.0634 e. The van der Waals surface area contributed by atoms with E-state index in [1.165, 1.54) is 0 Å². The van der Waals surface area contributed by atoms with Crippen molar-refractivity contribution >= 4 is 48.8 Å². The van der Waals surface area contributed by atoms with E-state index in [-0.39, 0.29) is 0 Å². The molecule has 0 spiro atoms. The molecule has 0 radical (unpaired) electrons. The normalized spacial score (nSPS) is 11.1. The van der Waals surface area contributed by atoms with Crippen molar-refractivity contribution in [3.63, 3.8) is 0 Å². The highest BCUT2D eigenvalue weighted by atomic mass is 79.9. The van der Waals surface area contributed by atoms with E-state index in [4.69, 9.17) is 11.5 Å². The first kappa shape index (κ1) is 10.4. The average molecular weight is 287 g/mol. The van der Waals surface area contributed by atoms with Crippen LogP contribution in [0.2, 0.25) is 0 Å². The molecule has 0 saturated carbocycles. The molecule has 0 fully saturated rings. The van der Waals surface area contributed by atoms with Gasteiger partial charge in [0, 0.05) is 15.2 Å². The van der Waals surface area contributed by atoms with Crippen LogP contribution < -0.4 is 11.5 Å². The van der Waals surface area contributed by atoms with Crippen LogP contribution >= 0.6 is 15.9 Å². The summed E-state index contributed by atoms with van der Waals surface area (Å²) in [7, 11) is 0. The largest absolute Gasteiger partial charge is 0.397 e. The SMILES string of the molecule is Nc1c(N)c2cc(Br)ccc2c2ccccc12. The fourth-order valence-electron chi connectivity index (χ4n) is 2.22. The number of hydrogen-bond donors (Lipinski definition) is 2. The lowest BCUT2D eigenvalue weighted by atomic mass is 9.99. The Kier molecular flexibility index (Phi) is 2.23. The highest BCUT2D eigenvalue weighted by Gasteiger charge is 2.09. The highest BCUT2D eigenvalue weighted by molar-refractivity contribution is 9.10. The Morgan fingerprint density at radius 3 is 2.06 bits per heavy atom. The van der Waals surface area contributed by atoms with E-state index in [1.54, 1.807) is 0 Å². The summed E-state index contributed by atoms with van der Waals surface area (Å²) in [4.78, 5) is 0. The van der Waals surface area contributed by atoms with Crippen molar-refractivity contribution in [2.75, 3.05) is 11.5 Å². The lowest BCUT2D eigenvalue weighted by Crippen LogP contribution is -1.97. The van der Waals surface area contributed by atoms with Gasteiger partial charge in [-0.1, -0.05) is 46.3 Å². The molecule has 3 aromatic carbocycles. The van der Waals surface area contributed by atoms with Gasteiger partial charge in [0.1, 0.15) is 0 Å². The van der Waals surface area contributed by atoms with Gasteiger partial charge < -0.3 is 11.5 Å². The van der Waals surface area contributed by atoms with E-state index < -0.39 is 0 Å². The Labute approximate surface area is 107 Å². The molecule has 0 unspecified atom stereocenters. The number of hydrogen-bond acceptors (Lipinski definition) is 2. The molecule has 0 bridgehead atoms. The molecule has 3 rings (SSSR count). The molecule has 3 aromatic rings. The van der Waals surface area contributed by atoms with Crippen LogP contribution in [0.5, 0.6) is 0 Å². The zero-order valence-electron chi connectivity index (χ0n) is 9.07. The van der Waals surface area contributed by atoms with Gasteiger partial charge in [-0.3, -0.25) is 0 Å². The Hall–Kier alpha value is -1.74. The minimum atomic E-state index is 0.653. The van der Waals surface area contributed by atoms with Crippen LogP contribution in [0, 0.1) is 0 Å². The van der Waals surface area contributed by atoms with Crippen molar-refractivity contribution < 1.29 is 0 Å². The predicted molar refractivity (Wildman–Crippen MR) is 78.0 cm³/mol. The van der Waals surface area contributed by atoms with Gasteiger partial charge in [-0.2, -0.15) is 0 Å². The second kappa shape index (κ2) is 3.64. The van der Waals surface area contributed by atoms with Crippen LogP contribution in [0.3, 0.4) is 0 Å². The Bertz CT molecular complexity index is 735. The summed E-state index contributed by atoms with van der Waals surface area (Å²) < 4.78 is 1.01. The topological polar surface area (TPSA) is 52.0 Å². The number of nitrogens with two attached hydrogens (primary N) is 2. The van der Waals surface area contributed by atoms with Crippen LogP contribution in [-0.4, -0.2) is 0 Å². The van der Waals surface area contributed by atoms with Gasteiger partial charge in [0.2, 0.25) is 0 Å². The van der Waals surface area contributed by atoms with Gasteiger partial charge in [-0.15, -0.1) is 0 Å². The zero-order chi connectivity index (χ0) is 12.0. The summed E-state index contributed by atoms with van der Waals surface area (Å²) in [5.74, 6) is 0. The minimum absolute atomic E-state index is 0.653. The second-order valence-corrected chi connectivity index (χ2v) is 4.98. The third-order valence-electron chi connectivity index (χ3n) is 3.07. The predicted octanol–water partition coefficient (Wildman–Crippen LogP) is 3.92. The molecule has 0 aromatic heterocycles. The highest BCUT2D eigenvalue weighted by Crippen LogP contribution is 2.37. The van der Waals surface area contributed by atoms with Crippen LogP contribution in [0.1, 0.15) is 0 Å². The zero-order valence-corrected chi connectivity index (χ0v) is 10.7. The summed E-state index contributed by atoms with van der Waals surface area (Å²) in [6.07, 6.45) is 0. The van der Waals surface area contributed by atoms with Gasteiger partial charge in [0.05, 0.1) is 11.4 Å². The molecule has 4 N–H and O–H groups in total. The minimum Gasteiger partial charge on any atom is -0.397 e. The van der Waals surface area contributed by atoms with E-state index in [2.05, 4.69) is 28.1 Å². The molecule has 0 amide bonds. The fraction of sp³-hybridized carbons (Fsp3) is 0. The van der Waals surface area contributed by atoms with Crippen molar-refractivity contribution in [1.29, 1.82) is 0 Å². The van der Waals surface area contributed by atoms with E-state index in [0.717, 1.165) is 26.0 Å². The van der Waals surface area contributed by atoms with E-state index in [1.807, 2.05) is 30.3 Å². The summed E-state index contributed by atoms with van der Waals surface area (Å²) in [5, 5.41) is 4.28. The Morgan fingerprint density at radius 2 is 1.29 bits per heavy atom. The molecule has 0 aliphatic rings. The van der Waals surface area contributed by atoms with Crippen molar-refractivity contribution in [2.45, 2.75) is 0 Å². The number of nitrogen functional groups attached to an aromatic ring is 2. The standard InChI is InChI=1S/C14H11BrN2/c15-8-5-6-10-9-3-1-2-4-11(9)13(16)14(17)12(10)7-8/h1-7H,16-17H2. The molecular formula is C14H11BrN2. The van der Waals surface area contributed by atoms with Crippen molar-refractivity contribution in [2.24, 2.45) is 0 Å². The van der Waals surface area contributed by atoms with E-state index in [0.29, 0.717) is 11.4 Å². The van der Waals surface area contributed by atoms with E-state index in [9.17, 15) is 0 Å². The second-order valence-electron chi connectivity index (χ2n) is 4.06. The molecule has 0 aliphatic carbocycles.